The minimum Gasteiger partial charge on any atom is -0.496 e. The van der Waals surface area contributed by atoms with Crippen molar-refractivity contribution >= 4 is 21.7 Å². The summed E-state index contributed by atoms with van der Waals surface area (Å²) in [4.78, 5) is 12.6. The highest BCUT2D eigenvalue weighted by atomic mass is 79.9. The molecule has 0 atom stereocenters. The number of carbonyl (C=O) groups is 1. The van der Waals surface area contributed by atoms with Gasteiger partial charge in [-0.05, 0) is 43.2 Å². The van der Waals surface area contributed by atoms with E-state index in [1.807, 2.05) is 38.1 Å². The molecule has 0 amide bonds. The molecular formula is C16H15BrO2. The van der Waals surface area contributed by atoms with Crippen LogP contribution in [0.3, 0.4) is 0 Å². The summed E-state index contributed by atoms with van der Waals surface area (Å²) in [5.41, 5.74) is 3.43. The zero-order chi connectivity index (χ0) is 14.0. The second-order valence-corrected chi connectivity index (χ2v) is 5.34. The molecule has 0 aromatic heterocycles. The number of carbonyl (C=O) groups excluding carboxylic acids is 1. The predicted molar refractivity (Wildman–Crippen MR) is 80.0 cm³/mol. The number of hydrogen-bond donors (Lipinski definition) is 0. The largest absolute Gasteiger partial charge is 0.496 e. The third-order valence-corrected chi connectivity index (χ3v) is 3.75. The van der Waals surface area contributed by atoms with Gasteiger partial charge in [0.25, 0.3) is 0 Å². The zero-order valence-electron chi connectivity index (χ0n) is 11.2. The number of rotatable bonds is 3. The molecule has 2 aromatic carbocycles. The molecular weight excluding hydrogens is 304 g/mol. The van der Waals surface area contributed by atoms with E-state index in [4.69, 9.17) is 4.74 Å². The van der Waals surface area contributed by atoms with Crippen LogP contribution in [0.25, 0.3) is 0 Å². The summed E-state index contributed by atoms with van der Waals surface area (Å²) >= 11 is 3.38. The Bertz CT molecular complexity index is 633. The van der Waals surface area contributed by atoms with Gasteiger partial charge in [-0.15, -0.1) is 0 Å². The molecule has 19 heavy (non-hydrogen) atoms. The minimum atomic E-state index is -0.00875. The van der Waals surface area contributed by atoms with Crippen LogP contribution in [0.15, 0.2) is 40.9 Å². The first kappa shape index (κ1) is 13.8. The van der Waals surface area contributed by atoms with Gasteiger partial charge in [0.2, 0.25) is 0 Å². The van der Waals surface area contributed by atoms with Crippen LogP contribution in [-0.4, -0.2) is 12.9 Å². The molecule has 0 aliphatic carbocycles. The van der Waals surface area contributed by atoms with Gasteiger partial charge in [-0.2, -0.15) is 0 Å². The summed E-state index contributed by atoms with van der Waals surface area (Å²) < 4.78 is 6.18. The molecule has 0 fully saturated rings. The van der Waals surface area contributed by atoms with E-state index < -0.39 is 0 Å². The van der Waals surface area contributed by atoms with Gasteiger partial charge < -0.3 is 4.74 Å². The van der Waals surface area contributed by atoms with E-state index in [1.54, 1.807) is 19.2 Å². The molecule has 3 heteroatoms. The lowest BCUT2D eigenvalue weighted by Gasteiger charge is -2.11. The number of halogens is 1. The molecule has 0 heterocycles. The van der Waals surface area contributed by atoms with Crippen molar-refractivity contribution in [3.63, 3.8) is 0 Å². The topological polar surface area (TPSA) is 26.3 Å². The Labute approximate surface area is 121 Å². The lowest BCUT2D eigenvalue weighted by atomic mass is 9.96. The number of aryl methyl sites for hydroxylation is 1. The highest BCUT2D eigenvalue weighted by molar-refractivity contribution is 9.10. The molecule has 0 bridgehead atoms. The summed E-state index contributed by atoms with van der Waals surface area (Å²) in [6.07, 6.45) is 0. The molecule has 2 nitrogen and oxygen atoms in total. The van der Waals surface area contributed by atoms with Crippen LogP contribution < -0.4 is 4.74 Å². The van der Waals surface area contributed by atoms with Crippen molar-refractivity contribution in [2.75, 3.05) is 7.11 Å². The molecule has 0 spiro atoms. The van der Waals surface area contributed by atoms with E-state index in [1.165, 1.54) is 0 Å². The Kier molecular flexibility index (Phi) is 4.05. The maximum atomic E-state index is 12.6. The summed E-state index contributed by atoms with van der Waals surface area (Å²) in [5.74, 6) is 0.575. The molecule has 0 aliphatic heterocycles. The molecule has 0 radical (unpaired) electrons. The van der Waals surface area contributed by atoms with Crippen molar-refractivity contribution in [3.05, 3.63) is 63.1 Å². The fourth-order valence-electron chi connectivity index (χ4n) is 1.99. The minimum absolute atomic E-state index is 0.00875. The van der Waals surface area contributed by atoms with Gasteiger partial charge in [0.1, 0.15) is 5.75 Å². The monoisotopic (exact) mass is 318 g/mol. The fraction of sp³-hybridized carbons (Fsp3) is 0.188. The molecule has 0 aliphatic rings. The average molecular weight is 319 g/mol. The molecule has 2 aromatic rings. The maximum absolute atomic E-state index is 12.6. The van der Waals surface area contributed by atoms with Gasteiger partial charge in [-0.25, -0.2) is 0 Å². The number of hydrogen-bond acceptors (Lipinski definition) is 2. The van der Waals surface area contributed by atoms with E-state index in [0.717, 1.165) is 21.2 Å². The van der Waals surface area contributed by atoms with Crippen molar-refractivity contribution in [3.8, 4) is 5.75 Å². The van der Waals surface area contributed by atoms with E-state index in [9.17, 15) is 4.79 Å². The maximum Gasteiger partial charge on any atom is 0.197 e. The summed E-state index contributed by atoms with van der Waals surface area (Å²) in [6.45, 7) is 3.97. The number of ketones is 1. The van der Waals surface area contributed by atoms with Crippen molar-refractivity contribution in [1.82, 2.24) is 0 Å². The highest BCUT2D eigenvalue weighted by Gasteiger charge is 2.17. The Morgan fingerprint density at radius 2 is 1.84 bits per heavy atom. The molecule has 98 valence electrons. The molecule has 2 rings (SSSR count). The van der Waals surface area contributed by atoms with Crippen molar-refractivity contribution in [2.24, 2.45) is 0 Å². The van der Waals surface area contributed by atoms with Crippen molar-refractivity contribution in [2.45, 2.75) is 13.8 Å². The Hall–Kier alpha value is -1.61. The second-order valence-electron chi connectivity index (χ2n) is 4.42. The van der Waals surface area contributed by atoms with Gasteiger partial charge in [-0.1, -0.05) is 34.1 Å². The molecule has 0 saturated heterocycles. The van der Waals surface area contributed by atoms with Crippen molar-refractivity contribution < 1.29 is 9.53 Å². The van der Waals surface area contributed by atoms with Crippen LogP contribution in [-0.2, 0) is 0 Å². The SMILES string of the molecule is COc1cc(Br)ccc1C(=O)c1cccc(C)c1C. The standard InChI is InChI=1S/C16H15BrO2/c1-10-5-4-6-13(11(10)2)16(18)14-8-7-12(17)9-15(14)19-3/h4-9H,1-3H3. The third kappa shape index (κ3) is 2.71. The summed E-state index contributed by atoms with van der Waals surface area (Å²) in [5, 5.41) is 0. The molecule has 0 unspecified atom stereocenters. The third-order valence-electron chi connectivity index (χ3n) is 3.26. The first-order valence-corrected chi connectivity index (χ1v) is 6.78. The van der Waals surface area contributed by atoms with Gasteiger partial charge in [0.15, 0.2) is 5.78 Å². The average Bonchev–Trinajstić information content (AvgIpc) is 2.41. The Balaban J connectivity index is 2.53. The van der Waals surface area contributed by atoms with Crippen LogP contribution in [0.2, 0.25) is 0 Å². The Morgan fingerprint density at radius 3 is 2.53 bits per heavy atom. The number of benzene rings is 2. The van der Waals surface area contributed by atoms with Crippen molar-refractivity contribution in [1.29, 1.82) is 0 Å². The quantitative estimate of drug-likeness (QED) is 0.788. The van der Waals surface area contributed by atoms with Crippen LogP contribution in [0.5, 0.6) is 5.75 Å². The van der Waals surface area contributed by atoms with Gasteiger partial charge in [-0.3, -0.25) is 4.79 Å². The summed E-state index contributed by atoms with van der Waals surface area (Å²) in [7, 11) is 1.57. The van der Waals surface area contributed by atoms with E-state index in [-0.39, 0.29) is 5.78 Å². The van der Waals surface area contributed by atoms with Crippen LogP contribution in [0, 0.1) is 13.8 Å². The van der Waals surface area contributed by atoms with Crippen LogP contribution in [0.1, 0.15) is 27.0 Å². The highest BCUT2D eigenvalue weighted by Crippen LogP contribution is 2.27. The molecule has 0 N–H and O–H groups in total. The molecule has 0 saturated carbocycles. The lowest BCUT2D eigenvalue weighted by molar-refractivity contribution is 0.103. The van der Waals surface area contributed by atoms with Crippen LogP contribution >= 0.6 is 15.9 Å². The zero-order valence-corrected chi connectivity index (χ0v) is 12.7. The van der Waals surface area contributed by atoms with Crippen LogP contribution in [0.4, 0.5) is 0 Å². The Morgan fingerprint density at radius 1 is 1.11 bits per heavy atom. The van der Waals surface area contributed by atoms with E-state index in [0.29, 0.717) is 11.3 Å². The van der Waals surface area contributed by atoms with Gasteiger partial charge >= 0.3 is 0 Å². The smallest absolute Gasteiger partial charge is 0.197 e. The first-order chi connectivity index (χ1) is 9.04. The van der Waals surface area contributed by atoms with Gasteiger partial charge in [0, 0.05) is 10.0 Å². The first-order valence-electron chi connectivity index (χ1n) is 5.99. The second kappa shape index (κ2) is 5.57. The van der Waals surface area contributed by atoms with E-state index in [2.05, 4.69) is 15.9 Å². The predicted octanol–water partition coefficient (Wildman–Crippen LogP) is 4.31. The fourth-order valence-corrected chi connectivity index (χ4v) is 2.33. The van der Waals surface area contributed by atoms with E-state index >= 15 is 0 Å². The summed E-state index contributed by atoms with van der Waals surface area (Å²) in [6, 6.07) is 11.2. The normalized spacial score (nSPS) is 10.3. The number of methoxy groups -OCH3 is 1. The van der Waals surface area contributed by atoms with Gasteiger partial charge in [0.05, 0.1) is 12.7 Å². The number of ether oxygens (including phenoxy) is 1. The lowest BCUT2D eigenvalue weighted by Crippen LogP contribution is -2.06.